The van der Waals surface area contributed by atoms with Crippen LogP contribution in [0.3, 0.4) is 0 Å². The summed E-state index contributed by atoms with van der Waals surface area (Å²) in [5, 5.41) is 3.48. The highest BCUT2D eigenvalue weighted by molar-refractivity contribution is 6.33. The molecule has 0 radical (unpaired) electrons. The number of nitrogens with zero attached hydrogens (tertiary/aromatic N) is 1. The molecular formula is C12H14ClN3O2. The van der Waals surface area contributed by atoms with Gasteiger partial charge in [0, 0.05) is 13.5 Å². The molecule has 1 saturated heterocycles. The molecule has 1 aliphatic rings. The third-order valence-corrected chi connectivity index (χ3v) is 3.36. The number of piperidine rings is 1. The third-order valence-electron chi connectivity index (χ3n) is 3.03. The number of nitrogen functional groups attached to an aromatic ring is 1. The van der Waals surface area contributed by atoms with Crippen LogP contribution in [0, 0.1) is 0 Å². The molecule has 2 rings (SSSR count). The second kappa shape index (κ2) is 4.86. The number of benzene rings is 1. The minimum absolute atomic E-state index is 0.155. The lowest BCUT2D eigenvalue weighted by Crippen LogP contribution is -2.48. The van der Waals surface area contributed by atoms with Crippen LogP contribution in [0.25, 0.3) is 0 Å². The van der Waals surface area contributed by atoms with Gasteiger partial charge in [-0.3, -0.25) is 14.5 Å². The number of hydrogen-bond acceptors (Lipinski definition) is 4. The summed E-state index contributed by atoms with van der Waals surface area (Å²) in [6, 6.07) is 4.75. The van der Waals surface area contributed by atoms with Crippen molar-refractivity contribution in [3.05, 3.63) is 23.2 Å². The van der Waals surface area contributed by atoms with E-state index in [0.717, 1.165) is 4.90 Å². The average Bonchev–Trinajstić information content (AvgIpc) is 2.35. The molecule has 1 fully saturated rings. The first-order valence-electron chi connectivity index (χ1n) is 5.61. The molecule has 1 aliphatic heterocycles. The molecule has 0 spiro atoms. The van der Waals surface area contributed by atoms with Gasteiger partial charge in [-0.15, -0.1) is 0 Å². The van der Waals surface area contributed by atoms with E-state index in [1.165, 1.54) is 7.05 Å². The Hall–Kier alpha value is -1.75. The Morgan fingerprint density at radius 2 is 2.17 bits per heavy atom. The number of imide groups is 1. The van der Waals surface area contributed by atoms with Gasteiger partial charge in [0.05, 0.1) is 16.4 Å². The second-order valence-corrected chi connectivity index (χ2v) is 4.63. The minimum Gasteiger partial charge on any atom is -0.396 e. The number of hydrogen-bond donors (Lipinski definition) is 2. The number of nitrogens with one attached hydrogen (secondary N) is 1. The van der Waals surface area contributed by atoms with Gasteiger partial charge in [-0.2, -0.15) is 0 Å². The maximum absolute atomic E-state index is 11.9. The highest BCUT2D eigenvalue weighted by Gasteiger charge is 2.31. The van der Waals surface area contributed by atoms with Crippen molar-refractivity contribution >= 4 is 34.8 Å². The summed E-state index contributed by atoms with van der Waals surface area (Å²) < 4.78 is 0. The number of carbonyl (C=O) groups is 2. The summed E-state index contributed by atoms with van der Waals surface area (Å²) in [5.41, 5.74) is 6.84. The fourth-order valence-corrected chi connectivity index (χ4v) is 2.07. The number of carbonyl (C=O) groups excluding carboxylic acids is 2. The molecule has 2 amide bonds. The van der Waals surface area contributed by atoms with Crippen molar-refractivity contribution in [2.75, 3.05) is 18.1 Å². The van der Waals surface area contributed by atoms with Gasteiger partial charge in [-0.1, -0.05) is 17.7 Å². The fraction of sp³-hybridized carbons (Fsp3) is 0.333. The first-order valence-corrected chi connectivity index (χ1v) is 5.99. The van der Waals surface area contributed by atoms with E-state index in [-0.39, 0.29) is 11.8 Å². The van der Waals surface area contributed by atoms with Crippen LogP contribution in [0.2, 0.25) is 5.02 Å². The van der Waals surface area contributed by atoms with E-state index in [4.69, 9.17) is 17.3 Å². The summed E-state index contributed by atoms with van der Waals surface area (Å²) in [5.74, 6) is -0.400. The van der Waals surface area contributed by atoms with Crippen LogP contribution in [0.5, 0.6) is 0 Å². The van der Waals surface area contributed by atoms with Gasteiger partial charge >= 0.3 is 0 Å². The van der Waals surface area contributed by atoms with Crippen molar-refractivity contribution in [1.82, 2.24) is 4.90 Å². The van der Waals surface area contributed by atoms with Crippen molar-refractivity contribution in [1.29, 1.82) is 0 Å². The molecule has 0 bridgehead atoms. The van der Waals surface area contributed by atoms with Crippen LogP contribution in [0.4, 0.5) is 11.4 Å². The minimum atomic E-state index is -0.437. The SMILES string of the molecule is CN1C(=O)CCC(Nc2cccc(Cl)c2N)C1=O. The number of likely N-dealkylation sites (N-methyl/N-ethyl adjacent to an activating group) is 1. The van der Waals surface area contributed by atoms with Crippen LogP contribution in [0.15, 0.2) is 18.2 Å². The van der Waals surface area contributed by atoms with E-state index in [0.29, 0.717) is 29.2 Å². The number of amides is 2. The maximum atomic E-state index is 11.9. The molecule has 6 heteroatoms. The molecule has 0 saturated carbocycles. The topological polar surface area (TPSA) is 75.4 Å². The molecule has 1 unspecified atom stereocenters. The van der Waals surface area contributed by atoms with Crippen molar-refractivity contribution in [2.45, 2.75) is 18.9 Å². The van der Waals surface area contributed by atoms with Crippen LogP contribution >= 0.6 is 11.6 Å². The Balaban J connectivity index is 2.17. The molecule has 1 aromatic rings. The fourth-order valence-electron chi connectivity index (χ4n) is 1.90. The lowest BCUT2D eigenvalue weighted by molar-refractivity contribution is -0.146. The van der Waals surface area contributed by atoms with Crippen LogP contribution in [-0.2, 0) is 9.59 Å². The highest BCUT2D eigenvalue weighted by atomic mass is 35.5. The Kier molecular flexibility index (Phi) is 3.43. The number of para-hydroxylation sites is 1. The molecule has 96 valence electrons. The summed E-state index contributed by atoms with van der Waals surface area (Å²) in [7, 11) is 1.49. The molecule has 0 aromatic heterocycles. The van der Waals surface area contributed by atoms with E-state index in [1.807, 2.05) is 0 Å². The lowest BCUT2D eigenvalue weighted by Gasteiger charge is -2.29. The van der Waals surface area contributed by atoms with E-state index in [1.54, 1.807) is 18.2 Å². The highest BCUT2D eigenvalue weighted by Crippen LogP contribution is 2.28. The summed E-state index contributed by atoms with van der Waals surface area (Å²) >= 11 is 5.91. The van der Waals surface area contributed by atoms with Crippen molar-refractivity contribution in [2.24, 2.45) is 0 Å². The maximum Gasteiger partial charge on any atom is 0.251 e. The van der Waals surface area contributed by atoms with Gasteiger partial charge in [-0.25, -0.2) is 0 Å². The van der Waals surface area contributed by atoms with Gasteiger partial charge in [0.1, 0.15) is 6.04 Å². The smallest absolute Gasteiger partial charge is 0.251 e. The van der Waals surface area contributed by atoms with Gasteiger partial charge in [0.2, 0.25) is 5.91 Å². The molecule has 1 aromatic carbocycles. The predicted octanol–water partition coefficient (Wildman–Crippen LogP) is 1.48. The Morgan fingerprint density at radius 1 is 1.44 bits per heavy atom. The van der Waals surface area contributed by atoms with E-state index in [9.17, 15) is 9.59 Å². The average molecular weight is 268 g/mol. The van der Waals surface area contributed by atoms with Crippen molar-refractivity contribution < 1.29 is 9.59 Å². The summed E-state index contributed by atoms with van der Waals surface area (Å²) in [4.78, 5) is 24.4. The Labute approximate surface area is 110 Å². The monoisotopic (exact) mass is 267 g/mol. The molecule has 0 aliphatic carbocycles. The normalized spacial score (nSPS) is 20.1. The molecular weight excluding hydrogens is 254 g/mol. The van der Waals surface area contributed by atoms with Crippen LogP contribution < -0.4 is 11.1 Å². The van der Waals surface area contributed by atoms with Crippen LogP contribution in [-0.4, -0.2) is 29.8 Å². The van der Waals surface area contributed by atoms with Gasteiger partial charge in [0.15, 0.2) is 0 Å². The summed E-state index contributed by atoms with van der Waals surface area (Å²) in [6.07, 6.45) is 0.814. The Morgan fingerprint density at radius 3 is 2.89 bits per heavy atom. The molecule has 5 nitrogen and oxygen atoms in total. The number of nitrogens with two attached hydrogens (primary N) is 1. The zero-order valence-corrected chi connectivity index (χ0v) is 10.7. The van der Waals surface area contributed by atoms with E-state index < -0.39 is 6.04 Å². The first-order chi connectivity index (χ1) is 8.50. The largest absolute Gasteiger partial charge is 0.396 e. The van der Waals surface area contributed by atoms with Gasteiger partial charge in [-0.05, 0) is 18.6 Å². The lowest BCUT2D eigenvalue weighted by atomic mass is 10.0. The number of rotatable bonds is 2. The molecule has 1 heterocycles. The van der Waals surface area contributed by atoms with Crippen molar-refractivity contribution in [3.8, 4) is 0 Å². The van der Waals surface area contributed by atoms with E-state index in [2.05, 4.69) is 5.32 Å². The predicted molar refractivity (Wildman–Crippen MR) is 70.3 cm³/mol. The number of anilines is 2. The molecule has 3 N–H and O–H groups in total. The summed E-state index contributed by atoms with van der Waals surface area (Å²) in [6.45, 7) is 0. The number of likely N-dealkylation sites (tertiary alicyclic amines) is 1. The van der Waals surface area contributed by atoms with Gasteiger partial charge < -0.3 is 11.1 Å². The molecule has 1 atom stereocenters. The standard InChI is InChI=1S/C12H14ClN3O2/c1-16-10(17)6-5-9(12(16)18)15-8-4-2-3-7(13)11(8)14/h2-4,9,15H,5-6,14H2,1H3. The quantitative estimate of drug-likeness (QED) is 0.629. The third kappa shape index (κ3) is 2.26. The second-order valence-electron chi connectivity index (χ2n) is 4.23. The van der Waals surface area contributed by atoms with Gasteiger partial charge in [0.25, 0.3) is 5.91 Å². The Bertz CT molecular complexity index is 504. The van der Waals surface area contributed by atoms with Crippen LogP contribution in [0.1, 0.15) is 12.8 Å². The van der Waals surface area contributed by atoms with E-state index >= 15 is 0 Å². The number of halogens is 1. The van der Waals surface area contributed by atoms with Crippen molar-refractivity contribution in [3.63, 3.8) is 0 Å². The zero-order valence-electron chi connectivity index (χ0n) is 9.94. The first kappa shape index (κ1) is 12.7. The molecule has 18 heavy (non-hydrogen) atoms. The zero-order chi connectivity index (χ0) is 13.3.